The van der Waals surface area contributed by atoms with E-state index < -0.39 is 76.8 Å². The largest absolute Gasteiger partial charge is 0.390 e. The van der Waals surface area contributed by atoms with Gasteiger partial charge in [-0.2, -0.15) is 0 Å². The van der Waals surface area contributed by atoms with Gasteiger partial charge in [0.15, 0.2) is 29.1 Å². The molecule has 2 aromatic carbocycles. The lowest BCUT2D eigenvalue weighted by Gasteiger charge is -2.63. The van der Waals surface area contributed by atoms with E-state index >= 15 is 8.78 Å². The molecule has 0 spiro atoms. The van der Waals surface area contributed by atoms with Crippen LogP contribution in [0.25, 0.3) is 0 Å². The van der Waals surface area contributed by atoms with Crippen molar-refractivity contribution >= 4 is 29.0 Å². The van der Waals surface area contributed by atoms with Crippen molar-refractivity contribution in [2.75, 3.05) is 19.0 Å². The van der Waals surface area contributed by atoms with Crippen LogP contribution in [0, 0.1) is 22.7 Å². The molecule has 0 radical (unpaired) electrons. The van der Waals surface area contributed by atoms with Gasteiger partial charge >= 0.3 is 0 Å². The number of rotatable bonds is 7. The van der Waals surface area contributed by atoms with Gasteiger partial charge in [0.05, 0.1) is 12.2 Å². The molecule has 1 heterocycles. The van der Waals surface area contributed by atoms with Crippen LogP contribution in [0.4, 0.5) is 14.5 Å². The van der Waals surface area contributed by atoms with E-state index in [-0.39, 0.29) is 24.8 Å². The van der Waals surface area contributed by atoms with Crippen molar-refractivity contribution in [1.29, 1.82) is 0 Å². The number of Topliss-reactive ketones (excluding diaryl/α,β-unsaturated/α-hetero) is 1. The zero-order chi connectivity index (χ0) is 32.6. The van der Waals surface area contributed by atoms with Crippen LogP contribution in [0.2, 0.25) is 0 Å². The highest BCUT2D eigenvalue weighted by atomic mass is 32.2. The topological polar surface area (TPSA) is 105 Å². The van der Waals surface area contributed by atoms with Gasteiger partial charge in [-0.15, -0.1) is 11.8 Å². The molecule has 1 saturated heterocycles. The maximum Gasteiger partial charge on any atom is 0.193 e. The first-order valence-corrected chi connectivity index (χ1v) is 16.8. The van der Waals surface area contributed by atoms with Crippen LogP contribution in [0.5, 0.6) is 0 Å². The predicted molar refractivity (Wildman–Crippen MR) is 170 cm³/mol. The molecule has 0 bridgehead atoms. The number of benzene rings is 2. The van der Waals surface area contributed by atoms with Gasteiger partial charge in [0.2, 0.25) is 0 Å². The SMILES string of the molecule is CNc1ccc(SCc2ccc([C@@H]3O[C@@H]4C[C@H]5[C@@H]6C[C@H](F)C7=CC(=O)C=C[C@]7(C)[C@@]6(F)[C@@H](O)C[C@]5(C)[C@]4(C(=O)CO)O3)cc2)cc1. The van der Waals surface area contributed by atoms with Gasteiger partial charge in [-0.05, 0) is 79.7 Å². The van der Waals surface area contributed by atoms with Gasteiger partial charge < -0.3 is 25.0 Å². The second-order valence-electron chi connectivity index (χ2n) is 13.8. The molecule has 46 heavy (non-hydrogen) atoms. The number of carbonyl (C=O) groups excluding carboxylic acids is 2. The molecule has 1 aliphatic heterocycles. The monoisotopic (exact) mass is 651 g/mol. The standard InChI is InChI=1S/C36H39F2NO6S/c1-33-13-12-23(41)14-27(33)28(37)15-26-25-16-31-36(30(43)18-40,34(25,2)17-29(42)35(26,33)38)45-32(44-31)21-6-4-20(5-7-21)19-46-24-10-8-22(39-3)9-11-24/h4-14,25-26,28-29,31-32,39-40,42H,15-19H2,1-3H3/t25-,26-,28-,29-,31+,32+,33-,34-,35-,36+/m0/s1. The number of anilines is 1. The van der Waals surface area contributed by atoms with E-state index in [1.807, 2.05) is 43.4 Å². The number of hydrogen-bond acceptors (Lipinski definition) is 8. The van der Waals surface area contributed by atoms with E-state index in [9.17, 15) is 19.8 Å². The van der Waals surface area contributed by atoms with Crippen LogP contribution in [0.1, 0.15) is 50.5 Å². The lowest BCUT2D eigenvalue weighted by atomic mass is 9.44. The van der Waals surface area contributed by atoms with Crippen LogP contribution in [0.15, 0.2) is 77.2 Å². The fraction of sp³-hybridized carbons (Fsp3) is 0.500. The zero-order valence-electron chi connectivity index (χ0n) is 26.0. The molecule has 7 nitrogen and oxygen atoms in total. The van der Waals surface area contributed by atoms with Crippen LogP contribution >= 0.6 is 11.8 Å². The summed E-state index contributed by atoms with van der Waals surface area (Å²) >= 11 is 1.71. The van der Waals surface area contributed by atoms with Crippen molar-refractivity contribution in [1.82, 2.24) is 0 Å². The van der Waals surface area contributed by atoms with Crippen molar-refractivity contribution in [2.24, 2.45) is 22.7 Å². The molecule has 3 saturated carbocycles. The maximum atomic E-state index is 17.6. The number of aliphatic hydroxyl groups excluding tert-OH is 2. The third-order valence-corrected chi connectivity index (χ3v) is 12.8. The Hall–Kier alpha value is -2.89. The van der Waals surface area contributed by atoms with E-state index in [1.54, 1.807) is 25.6 Å². The number of carbonyl (C=O) groups is 2. The molecule has 10 heteroatoms. The molecule has 0 unspecified atom stereocenters. The number of hydrogen-bond donors (Lipinski definition) is 3. The number of aliphatic hydroxyl groups is 2. The molecule has 0 aromatic heterocycles. The summed E-state index contributed by atoms with van der Waals surface area (Å²) in [7, 11) is 1.88. The lowest BCUT2D eigenvalue weighted by Crippen LogP contribution is -2.70. The summed E-state index contributed by atoms with van der Waals surface area (Å²) in [6.07, 6.45) is -1.33. The minimum absolute atomic E-state index is 0.0434. The van der Waals surface area contributed by atoms with Crippen molar-refractivity contribution in [2.45, 2.75) is 79.7 Å². The molecular formula is C36H39F2NO6S. The number of halogens is 2. The second-order valence-corrected chi connectivity index (χ2v) is 14.8. The third-order valence-electron chi connectivity index (χ3n) is 11.7. The molecule has 2 aromatic rings. The highest BCUT2D eigenvalue weighted by Gasteiger charge is 2.80. The number of nitrogens with one attached hydrogen (secondary N) is 1. The number of alkyl halides is 2. The molecule has 7 rings (SSSR count). The Kier molecular flexibility index (Phi) is 7.64. The predicted octanol–water partition coefficient (Wildman–Crippen LogP) is 5.66. The number of ether oxygens (including phenoxy) is 2. The summed E-state index contributed by atoms with van der Waals surface area (Å²) in [6.45, 7) is 2.51. The Morgan fingerprint density at radius 2 is 1.80 bits per heavy atom. The normalized spacial score (nSPS) is 40.8. The molecule has 244 valence electrons. The quantitative estimate of drug-likeness (QED) is 0.330. The van der Waals surface area contributed by atoms with E-state index in [4.69, 9.17) is 9.47 Å². The summed E-state index contributed by atoms with van der Waals surface area (Å²) in [6, 6.07) is 15.9. The number of ketones is 2. The Morgan fingerprint density at radius 1 is 1.09 bits per heavy atom. The second kappa shape index (κ2) is 11.1. The van der Waals surface area contributed by atoms with Crippen molar-refractivity contribution in [3.8, 4) is 0 Å². The number of thioether (sulfide) groups is 1. The molecule has 5 aliphatic rings. The van der Waals surface area contributed by atoms with Gasteiger partial charge in [0.1, 0.15) is 12.8 Å². The summed E-state index contributed by atoms with van der Waals surface area (Å²) in [5.41, 5.74) is -3.75. The van der Waals surface area contributed by atoms with Gasteiger partial charge in [-0.3, -0.25) is 9.59 Å². The Bertz CT molecular complexity index is 1620. The van der Waals surface area contributed by atoms with Crippen LogP contribution in [0.3, 0.4) is 0 Å². The van der Waals surface area contributed by atoms with Crippen molar-refractivity contribution in [3.05, 3.63) is 83.5 Å². The Morgan fingerprint density at radius 3 is 2.48 bits per heavy atom. The minimum atomic E-state index is -2.28. The smallest absolute Gasteiger partial charge is 0.193 e. The fourth-order valence-electron chi connectivity index (χ4n) is 9.37. The highest BCUT2D eigenvalue weighted by Crippen LogP contribution is 2.72. The number of allylic oxidation sites excluding steroid dienone is 4. The molecular weight excluding hydrogens is 612 g/mol. The van der Waals surface area contributed by atoms with Crippen LogP contribution in [-0.4, -0.2) is 65.1 Å². The van der Waals surface area contributed by atoms with E-state index in [2.05, 4.69) is 17.4 Å². The van der Waals surface area contributed by atoms with Gasteiger partial charge in [-0.25, -0.2) is 8.78 Å². The molecule has 0 amide bonds. The van der Waals surface area contributed by atoms with Crippen molar-refractivity contribution in [3.63, 3.8) is 0 Å². The summed E-state index contributed by atoms with van der Waals surface area (Å²) in [5, 5.41) is 25.0. The van der Waals surface area contributed by atoms with Gasteiger partial charge in [0.25, 0.3) is 0 Å². The van der Waals surface area contributed by atoms with E-state index in [0.29, 0.717) is 5.56 Å². The summed E-state index contributed by atoms with van der Waals surface area (Å²) < 4.78 is 46.4. The van der Waals surface area contributed by atoms with Gasteiger partial charge in [0, 0.05) is 45.7 Å². The Balaban J connectivity index is 1.15. The van der Waals surface area contributed by atoms with Crippen LogP contribution in [-0.2, 0) is 24.8 Å². The van der Waals surface area contributed by atoms with Crippen molar-refractivity contribution < 1.29 is 38.1 Å². The molecule has 4 fully saturated rings. The van der Waals surface area contributed by atoms with E-state index in [1.165, 1.54) is 12.2 Å². The number of fused-ring (bicyclic) bond motifs is 7. The van der Waals surface area contributed by atoms with Gasteiger partial charge in [-0.1, -0.05) is 37.3 Å². The third kappa shape index (κ3) is 4.29. The molecule has 10 atom stereocenters. The first kappa shape index (κ1) is 31.7. The Labute approximate surface area is 271 Å². The molecule has 4 aliphatic carbocycles. The first-order valence-electron chi connectivity index (χ1n) is 15.8. The maximum absolute atomic E-state index is 17.6. The van der Waals surface area contributed by atoms with E-state index in [0.717, 1.165) is 28.0 Å². The average Bonchev–Trinajstić information content (AvgIpc) is 3.55. The van der Waals surface area contributed by atoms with Crippen LogP contribution < -0.4 is 5.32 Å². The molecule has 3 N–H and O–H groups in total. The lowest BCUT2D eigenvalue weighted by molar-refractivity contribution is -0.235. The fourth-order valence-corrected chi connectivity index (χ4v) is 10.2. The average molecular weight is 652 g/mol. The minimum Gasteiger partial charge on any atom is -0.390 e. The summed E-state index contributed by atoms with van der Waals surface area (Å²) in [4.78, 5) is 27.0. The zero-order valence-corrected chi connectivity index (χ0v) is 26.9. The first-order chi connectivity index (χ1) is 21.9. The summed E-state index contributed by atoms with van der Waals surface area (Å²) in [5.74, 6) is -1.83. The highest BCUT2D eigenvalue weighted by molar-refractivity contribution is 7.98.